The molecule has 1 aromatic rings. The maximum Gasteiger partial charge on any atom is 0.0959 e. The molecule has 2 saturated carbocycles. The molecule has 0 bridgehead atoms. The van der Waals surface area contributed by atoms with E-state index in [1.54, 1.807) is 0 Å². The van der Waals surface area contributed by atoms with Crippen molar-refractivity contribution in [2.24, 2.45) is 5.73 Å². The highest BCUT2D eigenvalue weighted by molar-refractivity contribution is 7.09. The van der Waals surface area contributed by atoms with Gasteiger partial charge in [0.15, 0.2) is 0 Å². The molecular weight excluding hydrogens is 192 g/mol. The Kier molecular flexibility index (Phi) is 1.92. The Hall–Kier alpha value is -0.410. The van der Waals surface area contributed by atoms with Gasteiger partial charge in [-0.05, 0) is 38.5 Å². The van der Waals surface area contributed by atoms with E-state index in [-0.39, 0.29) is 5.54 Å². The lowest BCUT2D eigenvalue weighted by Crippen LogP contribution is -2.22. The molecule has 1 aromatic heterocycles. The van der Waals surface area contributed by atoms with Crippen LogP contribution >= 0.6 is 11.3 Å². The van der Waals surface area contributed by atoms with Crippen molar-refractivity contribution >= 4 is 11.3 Å². The SMILES string of the molecule is NC1(CCc2csc(C3CC3)n2)CC1. The molecule has 3 heteroatoms. The van der Waals surface area contributed by atoms with Gasteiger partial charge < -0.3 is 5.73 Å². The van der Waals surface area contributed by atoms with E-state index in [9.17, 15) is 0 Å². The molecule has 0 amide bonds. The largest absolute Gasteiger partial charge is 0.325 e. The summed E-state index contributed by atoms with van der Waals surface area (Å²) < 4.78 is 0. The molecule has 2 fully saturated rings. The smallest absolute Gasteiger partial charge is 0.0959 e. The molecule has 0 spiro atoms. The number of hydrogen-bond donors (Lipinski definition) is 1. The van der Waals surface area contributed by atoms with E-state index in [0.717, 1.165) is 18.8 Å². The van der Waals surface area contributed by atoms with Gasteiger partial charge in [0.05, 0.1) is 10.7 Å². The van der Waals surface area contributed by atoms with Crippen LogP contribution in [0.3, 0.4) is 0 Å². The Balaban J connectivity index is 1.59. The monoisotopic (exact) mass is 208 g/mol. The van der Waals surface area contributed by atoms with Crippen LogP contribution in [0.2, 0.25) is 0 Å². The first-order chi connectivity index (χ1) is 6.75. The minimum absolute atomic E-state index is 0.184. The molecule has 76 valence electrons. The van der Waals surface area contributed by atoms with Crippen LogP contribution in [0.4, 0.5) is 0 Å². The van der Waals surface area contributed by atoms with Crippen molar-refractivity contribution in [2.45, 2.75) is 50.0 Å². The van der Waals surface area contributed by atoms with E-state index >= 15 is 0 Å². The Morgan fingerprint density at radius 3 is 2.93 bits per heavy atom. The summed E-state index contributed by atoms with van der Waals surface area (Å²) in [5.74, 6) is 0.807. The fourth-order valence-electron chi connectivity index (χ4n) is 1.74. The summed E-state index contributed by atoms with van der Waals surface area (Å²) in [5.41, 5.74) is 7.50. The standard InChI is InChI=1S/C11H16N2S/c12-11(5-6-11)4-3-9-7-14-10(13-9)8-1-2-8/h7-8H,1-6,12H2. The number of aryl methyl sites for hydroxylation is 1. The summed E-state index contributed by atoms with van der Waals surface area (Å²) in [6.07, 6.45) is 7.35. The third-order valence-electron chi connectivity index (χ3n) is 3.27. The Labute approximate surface area is 88.5 Å². The zero-order chi connectivity index (χ0) is 9.60. The van der Waals surface area contributed by atoms with E-state index in [2.05, 4.69) is 10.4 Å². The van der Waals surface area contributed by atoms with Crippen molar-refractivity contribution < 1.29 is 0 Å². The molecule has 14 heavy (non-hydrogen) atoms. The predicted molar refractivity (Wildman–Crippen MR) is 58.6 cm³/mol. The van der Waals surface area contributed by atoms with Crippen molar-refractivity contribution in [1.82, 2.24) is 4.98 Å². The van der Waals surface area contributed by atoms with Crippen LogP contribution in [-0.4, -0.2) is 10.5 Å². The number of thiazole rings is 1. The summed E-state index contributed by atoms with van der Waals surface area (Å²) in [7, 11) is 0. The van der Waals surface area contributed by atoms with E-state index in [1.807, 2.05) is 11.3 Å². The molecule has 0 atom stereocenters. The van der Waals surface area contributed by atoms with Gasteiger partial charge in [0.25, 0.3) is 0 Å². The summed E-state index contributed by atoms with van der Waals surface area (Å²) in [4.78, 5) is 4.67. The van der Waals surface area contributed by atoms with Gasteiger partial charge in [0.1, 0.15) is 0 Å². The van der Waals surface area contributed by atoms with E-state index in [4.69, 9.17) is 5.73 Å². The van der Waals surface area contributed by atoms with Gasteiger partial charge in [-0.15, -0.1) is 11.3 Å². The highest BCUT2D eigenvalue weighted by Gasteiger charge is 2.37. The third-order valence-corrected chi connectivity index (χ3v) is 4.32. The lowest BCUT2D eigenvalue weighted by atomic mass is 10.1. The van der Waals surface area contributed by atoms with Gasteiger partial charge in [-0.2, -0.15) is 0 Å². The number of nitrogens with two attached hydrogens (primary N) is 1. The molecule has 0 aliphatic heterocycles. The first-order valence-electron chi connectivity index (χ1n) is 5.48. The number of aromatic nitrogens is 1. The van der Waals surface area contributed by atoms with Crippen LogP contribution in [0.15, 0.2) is 5.38 Å². The molecular formula is C11H16N2S. The van der Waals surface area contributed by atoms with Gasteiger partial charge in [-0.1, -0.05) is 0 Å². The fourth-order valence-corrected chi connectivity index (χ4v) is 2.77. The zero-order valence-corrected chi connectivity index (χ0v) is 9.15. The lowest BCUT2D eigenvalue weighted by molar-refractivity contribution is 0.604. The normalized spacial score (nSPS) is 23.8. The maximum atomic E-state index is 6.05. The topological polar surface area (TPSA) is 38.9 Å². The van der Waals surface area contributed by atoms with E-state index in [1.165, 1.54) is 36.4 Å². The Bertz CT molecular complexity index is 337. The quantitative estimate of drug-likeness (QED) is 0.825. The van der Waals surface area contributed by atoms with Crippen molar-refractivity contribution in [3.8, 4) is 0 Å². The number of rotatable bonds is 4. The summed E-state index contributed by atoms with van der Waals surface area (Å²) in [6.45, 7) is 0. The minimum Gasteiger partial charge on any atom is -0.325 e. The van der Waals surface area contributed by atoms with Crippen molar-refractivity contribution in [3.05, 3.63) is 16.1 Å². The minimum atomic E-state index is 0.184. The second-order valence-corrected chi connectivity index (χ2v) is 5.70. The first kappa shape index (κ1) is 8.86. The molecule has 3 rings (SSSR count). The molecule has 0 saturated heterocycles. The van der Waals surface area contributed by atoms with Crippen molar-refractivity contribution in [2.75, 3.05) is 0 Å². The average Bonchev–Trinajstić information content (AvgIpc) is 3.08. The Morgan fingerprint density at radius 2 is 2.29 bits per heavy atom. The van der Waals surface area contributed by atoms with Crippen LogP contribution in [-0.2, 0) is 6.42 Å². The molecule has 1 heterocycles. The van der Waals surface area contributed by atoms with Gasteiger partial charge in [0, 0.05) is 16.8 Å². The molecule has 0 aromatic carbocycles. The number of hydrogen-bond acceptors (Lipinski definition) is 3. The van der Waals surface area contributed by atoms with Crippen LogP contribution in [0.25, 0.3) is 0 Å². The van der Waals surface area contributed by atoms with Crippen LogP contribution in [0.1, 0.15) is 48.7 Å². The molecule has 2 nitrogen and oxygen atoms in total. The fraction of sp³-hybridized carbons (Fsp3) is 0.727. The van der Waals surface area contributed by atoms with Crippen LogP contribution < -0.4 is 5.73 Å². The van der Waals surface area contributed by atoms with Crippen molar-refractivity contribution in [1.29, 1.82) is 0 Å². The number of nitrogens with zero attached hydrogens (tertiary/aromatic N) is 1. The van der Waals surface area contributed by atoms with Crippen molar-refractivity contribution in [3.63, 3.8) is 0 Å². The third kappa shape index (κ3) is 1.84. The van der Waals surface area contributed by atoms with Crippen LogP contribution in [0.5, 0.6) is 0 Å². The zero-order valence-electron chi connectivity index (χ0n) is 8.33. The summed E-state index contributed by atoms with van der Waals surface area (Å²) in [6, 6.07) is 0. The lowest BCUT2D eigenvalue weighted by Gasteiger charge is -2.05. The predicted octanol–water partition coefficient (Wildman–Crippen LogP) is 2.44. The van der Waals surface area contributed by atoms with Gasteiger partial charge in [-0.25, -0.2) is 4.98 Å². The van der Waals surface area contributed by atoms with Gasteiger partial charge in [-0.3, -0.25) is 0 Å². The molecule has 0 unspecified atom stereocenters. The Morgan fingerprint density at radius 1 is 1.50 bits per heavy atom. The average molecular weight is 208 g/mol. The highest BCUT2D eigenvalue weighted by Crippen LogP contribution is 2.42. The maximum absolute atomic E-state index is 6.05. The van der Waals surface area contributed by atoms with E-state index in [0.29, 0.717) is 0 Å². The highest BCUT2D eigenvalue weighted by atomic mass is 32.1. The van der Waals surface area contributed by atoms with Gasteiger partial charge in [0.2, 0.25) is 0 Å². The molecule has 2 aliphatic carbocycles. The van der Waals surface area contributed by atoms with Gasteiger partial charge >= 0.3 is 0 Å². The molecule has 0 radical (unpaired) electrons. The second-order valence-electron chi connectivity index (χ2n) is 4.81. The summed E-state index contributed by atoms with van der Waals surface area (Å²) in [5, 5.41) is 3.58. The summed E-state index contributed by atoms with van der Waals surface area (Å²) >= 11 is 1.84. The second kappa shape index (κ2) is 3.04. The molecule has 2 N–H and O–H groups in total. The molecule has 2 aliphatic rings. The first-order valence-corrected chi connectivity index (χ1v) is 6.36. The van der Waals surface area contributed by atoms with E-state index < -0.39 is 0 Å². The van der Waals surface area contributed by atoms with Crippen LogP contribution in [0, 0.1) is 0 Å².